The normalized spacial score (nSPS) is 23.4. The number of hydrogen-bond donors (Lipinski definition) is 1. The van der Waals surface area contributed by atoms with Gasteiger partial charge in [-0.25, -0.2) is 0 Å². The zero-order chi connectivity index (χ0) is 11.6. The van der Waals surface area contributed by atoms with Crippen molar-refractivity contribution in [2.75, 3.05) is 13.1 Å². The summed E-state index contributed by atoms with van der Waals surface area (Å²) in [5.74, 6) is -0.625. The van der Waals surface area contributed by atoms with Crippen molar-refractivity contribution < 1.29 is 18.3 Å². The van der Waals surface area contributed by atoms with Crippen LogP contribution in [-0.4, -0.2) is 41.4 Å². The molecular weight excluding hydrogens is 207 g/mol. The quantitative estimate of drug-likeness (QED) is 0.777. The average Bonchev–Trinajstić information content (AvgIpc) is 2.15. The van der Waals surface area contributed by atoms with Crippen LogP contribution in [0.25, 0.3) is 0 Å². The molecule has 1 fully saturated rings. The lowest BCUT2D eigenvalue weighted by Gasteiger charge is -2.36. The van der Waals surface area contributed by atoms with Crippen molar-refractivity contribution in [2.24, 2.45) is 5.92 Å². The standard InChI is InChI=1S/C10H18F3NO/c1-7(2)14-5-3-8(4-6-14)9(15)10(11,12)13/h7-9,15H,3-6H2,1-2H3/t9-/m0/s1. The van der Waals surface area contributed by atoms with Crippen LogP contribution in [0.2, 0.25) is 0 Å². The fourth-order valence-corrected chi connectivity index (χ4v) is 2.02. The van der Waals surface area contributed by atoms with Gasteiger partial charge in [-0.15, -0.1) is 0 Å². The molecule has 2 nitrogen and oxygen atoms in total. The summed E-state index contributed by atoms with van der Waals surface area (Å²) in [4.78, 5) is 2.14. The topological polar surface area (TPSA) is 23.5 Å². The number of aliphatic hydroxyl groups excluding tert-OH is 1. The Morgan fingerprint density at radius 2 is 1.67 bits per heavy atom. The van der Waals surface area contributed by atoms with Crippen LogP contribution in [0.4, 0.5) is 13.2 Å². The Kier molecular flexibility index (Phi) is 4.00. The number of nitrogens with zero attached hydrogens (tertiary/aromatic N) is 1. The van der Waals surface area contributed by atoms with Gasteiger partial charge in [0.1, 0.15) is 0 Å². The number of aliphatic hydroxyl groups is 1. The first kappa shape index (κ1) is 12.8. The molecule has 0 radical (unpaired) electrons. The lowest BCUT2D eigenvalue weighted by molar-refractivity contribution is -0.223. The predicted molar refractivity (Wildman–Crippen MR) is 51.5 cm³/mol. The van der Waals surface area contributed by atoms with Gasteiger partial charge < -0.3 is 10.0 Å². The second kappa shape index (κ2) is 4.70. The molecule has 1 aliphatic heterocycles. The summed E-state index contributed by atoms with van der Waals surface area (Å²) >= 11 is 0. The Balaban J connectivity index is 2.44. The van der Waals surface area contributed by atoms with Crippen molar-refractivity contribution >= 4 is 0 Å². The number of likely N-dealkylation sites (tertiary alicyclic amines) is 1. The number of rotatable bonds is 2. The van der Waals surface area contributed by atoms with Crippen molar-refractivity contribution in [3.63, 3.8) is 0 Å². The molecule has 1 heterocycles. The largest absolute Gasteiger partial charge is 0.414 e. The van der Waals surface area contributed by atoms with Crippen LogP contribution in [0.3, 0.4) is 0 Å². The number of piperidine rings is 1. The molecule has 1 atom stereocenters. The highest BCUT2D eigenvalue weighted by Gasteiger charge is 2.44. The second-order valence-corrected chi connectivity index (χ2v) is 4.45. The fraction of sp³-hybridized carbons (Fsp3) is 1.00. The van der Waals surface area contributed by atoms with Gasteiger partial charge >= 0.3 is 6.18 Å². The van der Waals surface area contributed by atoms with E-state index in [0.717, 1.165) is 0 Å². The van der Waals surface area contributed by atoms with Crippen LogP contribution < -0.4 is 0 Å². The summed E-state index contributed by atoms with van der Waals surface area (Å²) in [6.07, 6.45) is -5.76. The maximum Gasteiger partial charge on any atom is 0.414 e. The predicted octanol–water partition coefficient (Wildman–Crippen LogP) is 2.03. The van der Waals surface area contributed by atoms with E-state index in [1.165, 1.54) is 0 Å². The molecule has 0 aromatic rings. The molecule has 15 heavy (non-hydrogen) atoms. The minimum absolute atomic E-state index is 0.369. The third-order valence-corrected chi connectivity index (χ3v) is 3.09. The van der Waals surface area contributed by atoms with Crippen LogP contribution in [0, 0.1) is 5.92 Å². The third-order valence-electron chi connectivity index (χ3n) is 3.09. The van der Waals surface area contributed by atoms with Crippen LogP contribution in [0.15, 0.2) is 0 Å². The number of hydrogen-bond acceptors (Lipinski definition) is 2. The molecule has 0 aromatic heterocycles. The monoisotopic (exact) mass is 225 g/mol. The Morgan fingerprint density at radius 3 is 2.00 bits per heavy atom. The number of halogens is 3. The maximum absolute atomic E-state index is 12.2. The van der Waals surface area contributed by atoms with E-state index in [0.29, 0.717) is 32.0 Å². The van der Waals surface area contributed by atoms with Gasteiger partial charge in [0.15, 0.2) is 6.10 Å². The van der Waals surface area contributed by atoms with E-state index in [4.69, 9.17) is 5.11 Å². The molecule has 1 saturated heterocycles. The van der Waals surface area contributed by atoms with Crippen LogP contribution in [-0.2, 0) is 0 Å². The van der Waals surface area contributed by atoms with Gasteiger partial charge in [0, 0.05) is 6.04 Å². The first-order valence-electron chi connectivity index (χ1n) is 5.31. The molecule has 5 heteroatoms. The maximum atomic E-state index is 12.2. The molecule has 1 aliphatic rings. The Labute approximate surface area is 88.1 Å². The molecule has 1 N–H and O–H groups in total. The van der Waals surface area contributed by atoms with Crippen molar-refractivity contribution in [1.29, 1.82) is 0 Å². The zero-order valence-corrected chi connectivity index (χ0v) is 9.09. The van der Waals surface area contributed by atoms with Crippen LogP contribution in [0.5, 0.6) is 0 Å². The highest BCUT2D eigenvalue weighted by atomic mass is 19.4. The van der Waals surface area contributed by atoms with E-state index in [-0.39, 0.29) is 0 Å². The van der Waals surface area contributed by atoms with Gasteiger partial charge in [-0.1, -0.05) is 0 Å². The third kappa shape index (κ3) is 3.34. The molecule has 0 saturated carbocycles. The van der Waals surface area contributed by atoms with Crippen LogP contribution >= 0.6 is 0 Å². The Morgan fingerprint density at radius 1 is 1.20 bits per heavy atom. The van der Waals surface area contributed by atoms with Gasteiger partial charge in [-0.2, -0.15) is 13.2 Å². The summed E-state index contributed by atoms with van der Waals surface area (Å²) in [7, 11) is 0. The molecular formula is C10H18F3NO. The van der Waals surface area contributed by atoms with Crippen molar-refractivity contribution in [3.8, 4) is 0 Å². The van der Waals surface area contributed by atoms with Gasteiger partial charge in [0.2, 0.25) is 0 Å². The highest BCUT2D eigenvalue weighted by Crippen LogP contribution is 2.31. The van der Waals surface area contributed by atoms with E-state index in [1.807, 2.05) is 13.8 Å². The molecule has 0 unspecified atom stereocenters. The van der Waals surface area contributed by atoms with Crippen LogP contribution in [0.1, 0.15) is 26.7 Å². The van der Waals surface area contributed by atoms with Crippen molar-refractivity contribution in [3.05, 3.63) is 0 Å². The molecule has 1 rings (SSSR count). The summed E-state index contributed by atoms with van der Waals surface area (Å²) in [5, 5.41) is 9.09. The van der Waals surface area contributed by atoms with Gasteiger partial charge in [-0.05, 0) is 45.7 Å². The summed E-state index contributed by atoms with van der Waals surface area (Å²) in [6.45, 7) is 5.35. The minimum atomic E-state index is -4.47. The Hall–Kier alpha value is -0.290. The highest BCUT2D eigenvalue weighted by molar-refractivity contribution is 4.82. The van der Waals surface area contributed by atoms with E-state index < -0.39 is 18.2 Å². The SMILES string of the molecule is CC(C)N1CCC([C@H](O)C(F)(F)F)CC1. The number of alkyl halides is 3. The molecule has 0 aliphatic carbocycles. The summed E-state index contributed by atoms with van der Waals surface area (Å²) in [6, 6.07) is 0.369. The smallest absolute Gasteiger partial charge is 0.383 e. The van der Waals surface area contributed by atoms with Gasteiger partial charge in [0.25, 0.3) is 0 Å². The van der Waals surface area contributed by atoms with E-state index in [9.17, 15) is 13.2 Å². The molecule has 90 valence electrons. The second-order valence-electron chi connectivity index (χ2n) is 4.45. The molecule has 0 amide bonds. The van der Waals surface area contributed by atoms with E-state index in [2.05, 4.69) is 4.90 Å². The summed E-state index contributed by atoms with van der Waals surface area (Å²) in [5.41, 5.74) is 0. The minimum Gasteiger partial charge on any atom is -0.383 e. The zero-order valence-electron chi connectivity index (χ0n) is 9.09. The molecule has 0 aromatic carbocycles. The Bertz CT molecular complexity index is 197. The van der Waals surface area contributed by atoms with Gasteiger partial charge in [-0.3, -0.25) is 0 Å². The van der Waals surface area contributed by atoms with E-state index in [1.54, 1.807) is 0 Å². The first-order valence-corrected chi connectivity index (χ1v) is 5.31. The fourth-order valence-electron chi connectivity index (χ4n) is 2.02. The van der Waals surface area contributed by atoms with Crippen molar-refractivity contribution in [1.82, 2.24) is 4.90 Å². The average molecular weight is 225 g/mol. The molecule has 0 bridgehead atoms. The lowest BCUT2D eigenvalue weighted by Crippen LogP contribution is -2.45. The summed E-state index contributed by atoms with van der Waals surface area (Å²) < 4.78 is 36.7. The van der Waals surface area contributed by atoms with Gasteiger partial charge in [0.05, 0.1) is 0 Å². The lowest BCUT2D eigenvalue weighted by atomic mass is 9.90. The first-order chi connectivity index (χ1) is 6.82. The van der Waals surface area contributed by atoms with Crippen molar-refractivity contribution in [2.45, 2.75) is 45.0 Å². The van der Waals surface area contributed by atoms with E-state index >= 15 is 0 Å². The molecule has 0 spiro atoms.